The van der Waals surface area contributed by atoms with Crippen molar-refractivity contribution >= 4 is 17.9 Å². The van der Waals surface area contributed by atoms with E-state index in [1.54, 1.807) is 0 Å². The van der Waals surface area contributed by atoms with Crippen molar-refractivity contribution in [3.05, 3.63) is 60.2 Å². The van der Waals surface area contributed by atoms with Crippen molar-refractivity contribution in [3.8, 4) is 11.1 Å². The molecule has 0 heterocycles. The van der Waals surface area contributed by atoms with E-state index in [1.165, 1.54) is 0 Å². The molecule has 0 aromatic heterocycles. The van der Waals surface area contributed by atoms with Gasteiger partial charge in [-0.05, 0) is 16.7 Å². The largest absolute Gasteiger partial charge is 0.476 e. The molecule has 0 unspecified atom stereocenters. The fourth-order valence-corrected chi connectivity index (χ4v) is 1.81. The number of benzene rings is 2. The summed E-state index contributed by atoms with van der Waals surface area (Å²) in [4.78, 5) is 14.7. The number of nitrogens with two attached hydrogens (primary N) is 1. The van der Waals surface area contributed by atoms with Crippen molar-refractivity contribution < 1.29 is 9.90 Å². The monoisotopic (exact) mass is 281 g/mol. The fourth-order valence-electron chi connectivity index (χ4n) is 1.81. The molecule has 0 aliphatic heterocycles. The summed E-state index contributed by atoms with van der Waals surface area (Å²) in [5, 5.41) is 11.9. The molecule has 2 aromatic rings. The van der Waals surface area contributed by atoms with Gasteiger partial charge < -0.3 is 10.9 Å². The standard InChI is InChI=1S/C16H15N3O2/c17-19-15(16(20)21)11-18-10-12-6-8-14(9-7-12)13-4-2-1-3-5-13/h1-9,11H,10,17H2,(H,20,21). The van der Waals surface area contributed by atoms with Crippen LogP contribution in [0.25, 0.3) is 11.1 Å². The average Bonchev–Trinajstić information content (AvgIpc) is 2.53. The molecule has 0 aliphatic rings. The first-order chi connectivity index (χ1) is 10.2. The number of hydrazone groups is 1. The van der Waals surface area contributed by atoms with Crippen LogP contribution in [0.4, 0.5) is 0 Å². The van der Waals surface area contributed by atoms with Crippen molar-refractivity contribution in [1.29, 1.82) is 0 Å². The molecule has 0 bridgehead atoms. The minimum absolute atomic E-state index is 0.268. The normalized spacial score (nSPS) is 11.7. The summed E-state index contributed by atoms with van der Waals surface area (Å²) in [7, 11) is 0. The van der Waals surface area contributed by atoms with Gasteiger partial charge >= 0.3 is 5.97 Å². The summed E-state index contributed by atoms with van der Waals surface area (Å²) < 4.78 is 0. The van der Waals surface area contributed by atoms with E-state index < -0.39 is 5.97 Å². The molecule has 0 amide bonds. The SMILES string of the molecule is NN=C(C=NCc1ccc(-c2ccccc2)cc1)C(=O)O. The van der Waals surface area contributed by atoms with E-state index in [9.17, 15) is 4.79 Å². The van der Waals surface area contributed by atoms with Crippen LogP contribution in [-0.4, -0.2) is 23.0 Å². The summed E-state index contributed by atoms with van der Waals surface area (Å²) in [6.07, 6.45) is 1.16. The first-order valence-electron chi connectivity index (χ1n) is 6.36. The number of carboxylic acid groups (broad SMARTS) is 1. The Morgan fingerprint density at radius 1 is 1.05 bits per heavy atom. The zero-order chi connectivity index (χ0) is 15.1. The maximum absolute atomic E-state index is 10.7. The van der Waals surface area contributed by atoms with Crippen LogP contribution in [-0.2, 0) is 11.3 Å². The first kappa shape index (κ1) is 14.5. The molecule has 0 radical (unpaired) electrons. The molecule has 2 rings (SSSR count). The van der Waals surface area contributed by atoms with Crippen LogP contribution in [0.5, 0.6) is 0 Å². The van der Waals surface area contributed by atoms with Gasteiger partial charge in [0.15, 0.2) is 5.71 Å². The first-order valence-corrected chi connectivity index (χ1v) is 6.36. The van der Waals surface area contributed by atoms with Gasteiger partial charge in [-0.25, -0.2) is 4.79 Å². The van der Waals surface area contributed by atoms with Gasteiger partial charge in [-0.15, -0.1) is 0 Å². The second-order valence-corrected chi connectivity index (χ2v) is 4.35. The molecule has 3 N–H and O–H groups in total. The average molecular weight is 281 g/mol. The Morgan fingerprint density at radius 2 is 1.67 bits per heavy atom. The Morgan fingerprint density at radius 3 is 2.24 bits per heavy atom. The van der Waals surface area contributed by atoms with Gasteiger partial charge in [-0.3, -0.25) is 4.99 Å². The van der Waals surface area contributed by atoms with Crippen LogP contribution >= 0.6 is 0 Å². The second kappa shape index (κ2) is 7.00. The van der Waals surface area contributed by atoms with Crippen LogP contribution in [0, 0.1) is 0 Å². The molecule has 106 valence electrons. The molecule has 0 spiro atoms. The predicted molar refractivity (Wildman–Crippen MR) is 83.3 cm³/mol. The van der Waals surface area contributed by atoms with Gasteiger partial charge in [-0.1, -0.05) is 54.6 Å². The van der Waals surface area contributed by atoms with Gasteiger partial charge in [-0.2, -0.15) is 5.10 Å². The third kappa shape index (κ3) is 4.01. The quantitative estimate of drug-likeness (QED) is 0.501. The summed E-state index contributed by atoms with van der Waals surface area (Å²) in [5.41, 5.74) is 2.98. The smallest absolute Gasteiger partial charge is 0.357 e. The summed E-state index contributed by atoms with van der Waals surface area (Å²) in [6.45, 7) is 0.376. The number of hydrogen-bond donors (Lipinski definition) is 2. The summed E-state index contributed by atoms with van der Waals surface area (Å²) in [6, 6.07) is 18.0. The number of rotatable bonds is 5. The highest BCUT2D eigenvalue weighted by Gasteiger charge is 2.04. The molecule has 0 fully saturated rings. The lowest BCUT2D eigenvalue weighted by molar-refractivity contribution is -0.129. The zero-order valence-electron chi connectivity index (χ0n) is 11.3. The Bertz CT molecular complexity index is 662. The van der Waals surface area contributed by atoms with Gasteiger partial charge in [0.1, 0.15) is 0 Å². The molecule has 0 aliphatic carbocycles. The van der Waals surface area contributed by atoms with E-state index in [0.717, 1.165) is 22.9 Å². The minimum Gasteiger partial charge on any atom is -0.476 e. The second-order valence-electron chi connectivity index (χ2n) is 4.35. The number of aliphatic carboxylic acids is 1. The van der Waals surface area contributed by atoms with Crippen LogP contribution in [0.3, 0.4) is 0 Å². The third-order valence-electron chi connectivity index (χ3n) is 2.91. The molecule has 0 saturated heterocycles. The fraction of sp³-hybridized carbons (Fsp3) is 0.0625. The van der Waals surface area contributed by atoms with Crippen LogP contribution in [0.2, 0.25) is 0 Å². The van der Waals surface area contributed by atoms with Gasteiger partial charge in [0.05, 0.1) is 12.8 Å². The third-order valence-corrected chi connectivity index (χ3v) is 2.91. The van der Waals surface area contributed by atoms with E-state index in [1.807, 2.05) is 54.6 Å². The number of carbonyl (C=O) groups is 1. The van der Waals surface area contributed by atoms with Gasteiger partial charge in [0, 0.05) is 0 Å². The number of carboxylic acids is 1. The van der Waals surface area contributed by atoms with Crippen molar-refractivity contribution in [2.24, 2.45) is 15.9 Å². The lowest BCUT2D eigenvalue weighted by Crippen LogP contribution is -2.16. The lowest BCUT2D eigenvalue weighted by atomic mass is 10.0. The number of aliphatic imine (C=N–C) groups is 1. The predicted octanol–water partition coefficient (Wildman–Crippen LogP) is 2.32. The number of hydrogen-bond acceptors (Lipinski definition) is 4. The Labute approximate surface area is 122 Å². The van der Waals surface area contributed by atoms with E-state index >= 15 is 0 Å². The maximum Gasteiger partial charge on any atom is 0.357 e. The van der Waals surface area contributed by atoms with Gasteiger partial charge in [0.2, 0.25) is 0 Å². The highest BCUT2D eigenvalue weighted by molar-refractivity contribution is 6.58. The van der Waals surface area contributed by atoms with Crippen molar-refractivity contribution in [3.63, 3.8) is 0 Å². The lowest BCUT2D eigenvalue weighted by Gasteiger charge is -2.02. The molecule has 5 heteroatoms. The van der Waals surface area contributed by atoms with Crippen LogP contribution < -0.4 is 5.84 Å². The highest BCUT2D eigenvalue weighted by Crippen LogP contribution is 2.19. The molecule has 5 nitrogen and oxygen atoms in total. The van der Waals surface area contributed by atoms with Crippen molar-refractivity contribution in [2.45, 2.75) is 6.54 Å². The summed E-state index contributed by atoms with van der Waals surface area (Å²) in [5.74, 6) is 3.76. The van der Waals surface area contributed by atoms with E-state index in [2.05, 4.69) is 10.1 Å². The van der Waals surface area contributed by atoms with Crippen molar-refractivity contribution in [2.75, 3.05) is 0 Å². The molecular weight excluding hydrogens is 266 g/mol. The molecule has 2 aromatic carbocycles. The minimum atomic E-state index is -1.19. The topological polar surface area (TPSA) is 88.0 Å². The van der Waals surface area contributed by atoms with E-state index in [4.69, 9.17) is 10.9 Å². The van der Waals surface area contributed by atoms with Crippen molar-refractivity contribution in [1.82, 2.24) is 0 Å². The number of nitrogens with zero attached hydrogens (tertiary/aromatic N) is 2. The zero-order valence-corrected chi connectivity index (χ0v) is 11.3. The van der Waals surface area contributed by atoms with Crippen LogP contribution in [0.1, 0.15) is 5.56 Å². The molecular formula is C16H15N3O2. The Hall–Kier alpha value is -2.95. The summed E-state index contributed by atoms with van der Waals surface area (Å²) >= 11 is 0. The molecule has 0 atom stereocenters. The Balaban J connectivity index is 2.04. The van der Waals surface area contributed by atoms with E-state index in [0.29, 0.717) is 6.54 Å². The van der Waals surface area contributed by atoms with Crippen LogP contribution in [0.15, 0.2) is 64.7 Å². The molecule has 0 saturated carbocycles. The molecule has 21 heavy (non-hydrogen) atoms. The maximum atomic E-state index is 10.7. The van der Waals surface area contributed by atoms with Gasteiger partial charge in [0.25, 0.3) is 0 Å². The van der Waals surface area contributed by atoms with E-state index in [-0.39, 0.29) is 5.71 Å². The highest BCUT2D eigenvalue weighted by atomic mass is 16.4. The Kier molecular flexibility index (Phi) is 4.82.